The molecule has 2 heterocycles. The van der Waals surface area contributed by atoms with Crippen LogP contribution in [0.4, 0.5) is 4.79 Å². The van der Waals surface area contributed by atoms with E-state index in [4.69, 9.17) is 16.2 Å². The van der Waals surface area contributed by atoms with Crippen LogP contribution in [-0.4, -0.2) is 40.1 Å². The van der Waals surface area contributed by atoms with E-state index in [1.54, 1.807) is 4.90 Å². The zero-order valence-corrected chi connectivity index (χ0v) is 11.8. The summed E-state index contributed by atoms with van der Waals surface area (Å²) in [6, 6.07) is -0.0720. The summed E-state index contributed by atoms with van der Waals surface area (Å²) in [7, 11) is 0. The molecule has 0 aliphatic carbocycles. The highest BCUT2D eigenvalue weighted by Gasteiger charge is 2.51. The van der Waals surface area contributed by atoms with Gasteiger partial charge in [0.25, 0.3) is 0 Å². The molecule has 0 radical (unpaired) electrons. The van der Waals surface area contributed by atoms with E-state index in [0.29, 0.717) is 12.8 Å². The summed E-state index contributed by atoms with van der Waals surface area (Å²) < 4.78 is 5.42. The van der Waals surface area contributed by atoms with Crippen molar-refractivity contribution in [2.24, 2.45) is 11.5 Å². The predicted octanol–water partition coefficient (Wildman–Crippen LogP) is 0.731. The average molecular weight is 269 g/mol. The lowest BCUT2D eigenvalue weighted by Gasteiger charge is -2.43. The minimum atomic E-state index is -0.982. The summed E-state index contributed by atoms with van der Waals surface area (Å²) in [5.74, 6) is -0.478. The van der Waals surface area contributed by atoms with Gasteiger partial charge in [-0.3, -0.25) is 4.79 Å². The summed E-state index contributed by atoms with van der Waals surface area (Å²) in [5.41, 5.74) is 9.94. The van der Waals surface area contributed by atoms with Gasteiger partial charge in [0.1, 0.15) is 5.60 Å². The number of carbonyl (C=O) groups is 2. The van der Waals surface area contributed by atoms with Crippen molar-refractivity contribution in [3.05, 3.63) is 0 Å². The largest absolute Gasteiger partial charge is 0.444 e. The quantitative estimate of drug-likeness (QED) is 0.733. The first-order valence-electron chi connectivity index (χ1n) is 6.72. The fourth-order valence-electron chi connectivity index (χ4n) is 3.10. The Balaban J connectivity index is 2.12. The van der Waals surface area contributed by atoms with Crippen LogP contribution in [0.5, 0.6) is 0 Å². The van der Waals surface area contributed by atoms with Crippen molar-refractivity contribution >= 4 is 12.0 Å². The van der Waals surface area contributed by atoms with Crippen molar-refractivity contribution in [1.29, 1.82) is 0 Å². The van der Waals surface area contributed by atoms with Gasteiger partial charge in [0, 0.05) is 12.1 Å². The zero-order chi connectivity index (χ0) is 14.4. The van der Waals surface area contributed by atoms with Crippen LogP contribution in [0.15, 0.2) is 0 Å². The topological polar surface area (TPSA) is 98.7 Å². The summed E-state index contributed by atoms with van der Waals surface area (Å²) in [4.78, 5) is 25.4. The van der Waals surface area contributed by atoms with Crippen molar-refractivity contribution < 1.29 is 14.3 Å². The lowest BCUT2D eigenvalue weighted by atomic mass is 9.83. The number of nitrogens with zero attached hydrogens (tertiary/aromatic N) is 1. The maximum absolute atomic E-state index is 12.2. The van der Waals surface area contributed by atoms with Crippen molar-refractivity contribution in [2.45, 2.75) is 69.7 Å². The molecule has 2 rings (SSSR count). The molecule has 2 bridgehead atoms. The summed E-state index contributed by atoms with van der Waals surface area (Å²) in [5, 5.41) is 0. The minimum Gasteiger partial charge on any atom is -0.444 e. The Labute approximate surface area is 113 Å². The number of hydrogen-bond donors (Lipinski definition) is 2. The van der Waals surface area contributed by atoms with Gasteiger partial charge in [-0.1, -0.05) is 0 Å². The van der Waals surface area contributed by atoms with Crippen LogP contribution in [0, 0.1) is 0 Å². The molecule has 0 aromatic carbocycles. The number of nitrogens with two attached hydrogens (primary N) is 2. The number of piperidine rings is 1. The number of rotatable bonds is 1. The van der Waals surface area contributed by atoms with Crippen LogP contribution in [0.25, 0.3) is 0 Å². The van der Waals surface area contributed by atoms with E-state index in [9.17, 15) is 9.59 Å². The molecule has 0 spiro atoms. The van der Waals surface area contributed by atoms with Crippen molar-refractivity contribution in [3.8, 4) is 0 Å². The number of ether oxygens (including phenoxy) is 1. The van der Waals surface area contributed by atoms with Gasteiger partial charge in [-0.2, -0.15) is 0 Å². The smallest absolute Gasteiger partial charge is 0.410 e. The Bertz CT molecular complexity index is 388. The molecule has 2 saturated heterocycles. The number of hydrogen-bond acceptors (Lipinski definition) is 4. The second-order valence-corrected chi connectivity index (χ2v) is 6.70. The molecule has 2 aliphatic rings. The van der Waals surface area contributed by atoms with Crippen LogP contribution in [-0.2, 0) is 9.53 Å². The van der Waals surface area contributed by atoms with Crippen LogP contribution in [0.3, 0.4) is 0 Å². The van der Waals surface area contributed by atoms with Gasteiger partial charge in [0.15, 0.2) is 0 Å². The molecule has 6 nitrogen and oxygen atoms in total. The highest BCUT2D eigenvalue weighted by molar-refractivity contribution is 5.85. The van der Waals surface area contributed by atoms with Crippen molar-refractivity contribution in [1.82, 2.24) is 4.90 Å². The van der Waals surface area contributed by atoms with Crippen molar-refractivity contribution in [3.63, 3.8) is 0 Å². The third-order valence-corrected chi connectivity index (χ3v) is 3.91. The van der Waals surface area contributed by atoms with Crippen molar-refractivity contribution in [2.75, 3.05) is 0 Å². The maximum atomic E-state index is 12.2. The number of amides is 2. The molecule has 108 valence electrons. The standard InChI is InChI=1S/C13H23N3O3/c1-12(2,3)19-11(18)16-8-4-5-9(16)7-13(15,6-8)10(14)17/h8-9H,4-7,15H2,1-3H3,(H2,14,17). The number of primary amides is 1. The molecule has 2 unspecified atom stereocenters. The highest BCUT2D eigenvalue weighted by Crippen LogP contribution is 2.40. The van der Waals surface area contributed by atoms with Crippen LogP contribution in [0.1, 0.15) is 46.5 Å². The van der Waals surface area contributed by atoms with Crippen LogP contribution >= 0.6 is 0 Å². The molecule has 2 fully saturated rings. The molecular formula is C13H23N3O3. The van der Waals surface area contributed by atoms with Gasteiger partial charge < -0.3 is 21.1 Å². The zero-order valence-electron chi connectivity index (χ0n) is 11.8. The van der Waals surface area contributed by atoms with E-state index in [-0.39, 0.29) is 18.2 Å². The van der Waals surface area contributed by atoms with E-state index in [0.717, 1.165) is 12.8 Å². The SMILES string of the molecule is CC(C)(C)OC(=O)N1C2CCC1CC(N)(C(N)=O)C2. The minimum absolute atomic E-state index is 0.0360. The molecule has 6 heteroatoms. The maximum Gasteiger partial charge on any atom is 0.410 e. The monoisotopic (exact) mass is 269 g/mol. The molecule has 0 aromatic rings. The van der Waals surface area contributed by atoms with E-state index in [1.165, 1.54) is 0 Å². The fourth-order valence-corrected chi connectivity index (χ4v) is 3.10. The van der Waals surface area contributed by atoms with Gasteiger partial charge in [0.2, 0.25) is 5.91 Å². The first-order chi connectivity index (χ1) is 8.62. The Morgan fingerprint density at radius 3 is 2.05 bits per heavy atom. The first-order valence-corrected chi connectivity index (χ1v) is 6.72. The highest BCUT2D eigenvalue weighted by atomic mass is 16.6. The third-order valence-electron chi connectivity index (χ3n) is 3.91. The summed E-state index contributed by atoms with van der Waals surface area (Å²) in [6.07, 6.45) is 2.26. The molecule has 2 atom stereocenters. The fraction of sp³-hybridized carbons (Fsp3) is 0.846. The lowest BCUT2D eigenvalue weighted by Crippen LogP contribution is -2.63. The Morgan fingerprint density at radius 2 is 1.68 bits per heavy atom. The third kappa shape index (κ3) is 2.68. The molecule has 2 amide bonds. The summed E-state index contributed by atoms with van der Waals surface area (Å²) >= 11 is 0. The lowest BCUT2D eigenvalue weighted by molar-refractivity contribution is -0.126. The van der Waals surface area contributed by atoms with Gasteiger partial charge in [-0.05, 0) is 46.5 Å². The van der Waals surface area contributed by atoms with E-state index in [2.05, 4.69) is 0 Å². The Hall–Kier alpha value is -1.30. The molecule has 0 saturated carbocycles. The molecule has 2 aliphatic heterocycles. The first kappa shape index (κ1) is 14.1. The Kier molecular flexibility index (Phi) is 3.24. The molecular weight excluding hydrogens is 246 g/mol. The number of carbonyl (C=O) groups excluding carboxylic acids is 2. The van der Waals surface area contributed by atoms with Crippen LogP contribution in [0.2, 0.25) is 0 Å². The van der Waals surface area contributed by atoms with E-state index < -0.39 is 17.0 Å². The normalized spacial score (nSPS) is 34.2. The van der Waals surface area contributed by atoms with Gasteiger partial charge in [-0.15, -0.1) is 0 Å². The Morgan fingerprint density at radius 1 is 1.21 bits per heavy atom. The summed E-state index contributed by atoms with van der Waals surface area (Å²) in [6.45, 7) is 5.52. The predicted molar refractivity (Wildman–Crippen MR) is 70.2 cm³/mol. The second-order valence-electron chi connectivity index (χ2n) is 6.70. The van der Waals surface area contributed by atoms with Gasteiger partial charge in [0.05, 0.1) is 5.54 Å². The molecule has 0 aromatic heterocycles. The van der Waals surface area contributed by atoms with Crippen LogP contribution < -0.4 is 11.5 Å². The molecule has 19 heavy (non-hydrogen) atoms. The van der Waals surface area contributed by atoms with E-state index in [1.807, 2.05) is 20.8 Å². The van der Waals surface area contributed by atoms with E-state index >= 15 is 0 Å². The average Bonchev–Trinajstić information content (AvgIpc) is 2.49. The molecule has 4 N–H and O–H groups in total. The number of fused-ring (bicyclic) bond motifs is 2. The van der Waals surface area contributed by atoms with Gasteiger partial charge in [-0.25, -0.2) is 4.79 Å². The second kappa shape index (κ2) is 4.37. The van der Waals surface area contributed by atoms with Gasteiger partial charge >= 0.3 is 6.09 Å².